The van der Waals surface area contributed by atoms with Crippen molar-refractivity contribution in [1.82, 2.24) is 9.80 Å². The van der Waals surface area contributed by atoms with Gasteiger partial charge in [-0.05, 0) is 103 Å². The van der Waals surface area contributed by atoms with Crippen LogP contribution in [0.1, 0.15) is 104 Å². The Bertz CT molecular complexity index is 1010. The number of hydrogen-bond acceptors (Lipinski definition) is 5. The van der Waals surface area contributed by atoms with Gasteiger partial charge in [-0.1, -0.05) is 43.9 Å². The average Bonchev–Trinajstić information content (AvgIpc) is 3.41. The molecule has 3 aliphatic heterocycles. The molecule has 5 atom stereocenters. The molecule has 5 fully saturated rings. The number of hydrogen-bond donors (Lipinski definition) is 0. The molecule has 1 aromatic carbocycles. The van der Waals surface area contributed by atoms with Gasteiger partial charge in [-0.2, -0.15) is 0 Å². The molecule has 5 aliphatic rings. The Morgan fingerprint density at radius 3 is 2.12 bits per heavy atom. The molecule has 0 aromatic heterocycles. The second-order valence-electron chi connectivity index (χ2n) is 14.6. The fourth-order valence-corrected chi connectivity index (χ4v) is 9.15. The number of carbonyl (C=O) groups excluding carboxylic acids is 2. The molecule has 3 saturated heterocycles. The second kappa shape index (κ2) is 11.7. The van der Waals surface area contributed by atoms with Crippen molar-refractivity contribution in [2.75, 3.05) is 18.0 Å². The number of carbonyl (C=O) groups is 2. The van der Waals surface area contributed by atoms with Crippen molar-refractivity contribution in [3.8, 4) is 0 Å². The monoisotopic (exact) mass is 549 g/mol. The summed E-state index contributed by atoms with van der Waals surface area (Å²) in [7, 11) is 0. The number of piperidine rings is 2. The Hall–Kier alpha value is -2.08. The molecule has 220 valence electrons. The first-order chi connectivity index (χ1) is 19.2. The van der Waals surface area contributed by atoms with Crippen LogP contribution in [0, 0.1) is 11.8 Å². The molecule has 40 heavy (non-hydrogen) atoms. The minimum atomic E-state index is -0.548. The first-order valence-corrected chi connectivity index (χ1v) is 16.4. The van der Waals surface area contributed by atoms with E-state index in [0.29, 0.717) is 37.6 Å². The van der Waals surface area contributed by atoms with E-state index in [1.165, 1.54) is 57.8 Å². The molecule has 6 rings (SSSR count). The number of anilines is 1. The maximum absolute atomic E-state index is 13.9. The van der Waals surface area contributed by atoms with Gasteiger partial charge in [0.15, 0.2) is 0 Å². The summed E-state index contributed by atoms with van der Waals surface area (Å²) in [5.41, 5.74) is 0.584. The predicted molar refractivity (Wildman–Crippen MR) is 159 cm³/mol. The SMILES string of the molecule is CC(C)(C)OC(=O)C1CCCN1C(=O)CN(c1ccccc1)C1CC2CCCC(C1)N2C1CC2CCCC(C2)C1. The fourth-order valence-electron chi connectivity index (χ4n) is 9.15. The first-order valence-electron chi connectivity index (χ1n) is 16.4. The van der Waals surface area contributed by atoms with Crippen LogP contribution in [0.15, 0.2) is 30.3 Å². The maximum Gasteiger partial charge on any atom is 0.329 e. The van der Waals surface area contributed by atoms with Gasteiger partial charge in [0.1, 0.15) is 11.6 Å². The standard InChI is InChI=1S/C34H51N3O3/c1-34(2,3)40-33(39)31-16-9-17-35(31)32(38)23-36(26-12-5-4-6-13-26)29-21-27-14-8-15-28(22-29)37(27)30-19-24-10-7-11-25(18-24)20-30/h4-6,12-13,24-25,27-31H,7-11,14-23H2,1-3H3. The van der Waals surface area contributed by atoms with Crippen molar-refractivity contribution in [3.63, 3.8) is 0 Å². The summed E-state index contributed by atoms with van der Waals surface area (Å²) in [6, 6.07) is 12.5. The van der Waals surface area contributed by atoms with E-state index in [9.17, 15) is 9.59 Å². The highest BCUT2D eigenvalue weighted by molar-refractivity contribution is 5.88. The average molecular weight is 550 g/mol. The van der Waals surface area contributed by atoms with Crippen LogP contribution in [0.2, 0.25) is 0 Å². The number of nitrogens with zero attached hydrogens (tertiary/aromatic N) is 3. The molecule has 4 bridgehead atoms. The van der Waals surface area contributed by atoms with Crippen LogP contribution in [-0.4, -0.2) is 70.6 Å². The molecule has 2 aliphatic carbocycles. The highest BCUT2D eigenvalue weighted by Gasteiger charge is 2.46. The Kier molecular flexibility index (Phi) is 8.18. The van der Waals surface area contributed by atoms with Gasteiger partial charge in [-0.25, -0.2) is 4.79 Å². The van der Waals surface area contributed by atoms with E-state index in [-0.39, 0.29) is 11.9 Å². The lowest BCUT2D eigenvalue weighted by Gasteiger charge is -2.56. The molecule has 6 heteroatoms. The van der Waals surface area contributed by atoms with Gasteiger partial charge in [0, 0.05) is 36.4 Å². The summed E-state index contributed by atoms with van der Waals surface area (Å²) >= 11 is 0. The van der Waals surface area contributed by atoms with Crippen molar-refractivity contribution in [2.24, 2.45) is 11.8 Å². The third-order valence-electron chi connectivity index (χ3n) is 10.6. The smallest absolute Gasteiger partial charge is 0.329 e. The largest absolute Gasteiger partial charge is 0.458 e. The van der Waals surface area contributed by atoms with Gasteiger partial charge in [0.25, 0.3) is 0 Å². The molecule has 0 spiro atoms. The van der Waals surface area contributed by atoms with Crippen LogP contribution in [0.5, 0.6) is 0 Å². The number of benzene rings is 1. The number of likely N-dealkylation sites (tertiary alicyclic amines) is 1. The van der Waals surface area contributed by atoms with Gasteiger partial charge in [0.05, 0.1) is 6.54 Å². The Morgan fingerprint density at radius 1 is 0.825 bits per heavy atom. The minimum Gasteiger partial charge on any atom is -0.458 e. The molecular formula is C34H51N3O3. The van der Waals surface area contributed by atoms with Crippen LogP contribution in [0.3, 0.4) is 0 Å². The number of esters is 1. The van der Waals surface area contributed by atoms with E-state index in [1.54, 1.807) is 4.90 Å². The Labute approximate surface area is 241 Å². The lowest BCUT2D eigenvalue weighted by atomic mass is 9.68. The molecule has 5 unspecified atom stereocenters. The van der Waals surface area contributed by atoms with E-state index >= 15 is 0 Å². The summed E-state index contributed by atoms with van der Waals surface area (Å²) in [4.78, 5) is 34.1. The van der Waals surface area contributed by atoms with Crippen LogP contribution in [0.25, 0.3) is 0 Å². The number of ether oxygens (including phenoxy) is 1. The lowest BCUT2D eigenvalue weighted by Crippen LogP contribution is -2.62. The van der Waals surface area contributed by atoms with Crippen LogP contribution in [0.4, 0.5) is 5.69 Å². The van der Waals surface area contributed by atoms with Gasteiger partial charge >= 0.3 is 5.97 Å². The molecule has 1 amide bonds. The van der Waals surface area contributed by atoms with E-state index in [0.717, 1.165) is 42.8 Å². The van der Waals surface area contributed by atoms with E-state index in [4.69, 9.17) is 4.74 Å². The predicted octanol–water partition coefficient (Wildman–Crippen LogP) is 6.18. The van der Waals surface area contributed by atoms with Crippen molar-refractivity contribution in [2.45, 2.75) is 140 Å². The third kappa shape index (κ3) is 6.07. The van der Waals surface area contributed by atoms with Gasteiger partial charge in [0.2, 0.25) is 5.91 Å². The minimum absolute atomic E-state index is 0.0601. The van der Waals surface area contributed by atoms with Gasteiger partial charge in [-0.15, -0.1) is 0 Å². The van der Waals surface area contributed by atoms with Crippen LogP contribution in [-0.2, 0) is 14.3 Å². The molecule has 1 aromatic rings. The zero-order valence-corrected chi connectivity index (χ0v) is 25.1. The summed E-state index contributed by atoms with van der Waals surface area (Å²) in [5, 5.41) is 0. The highest BCUT2D eigenvalue weighted by Crippen LogP contribution is 2.46. The summed E-state index contributed by atoms with van der Waals surface area (Å²) < 4.78 is 5.70. The maximum atomic E-state index is 13.9. The zero-order valence-electron chi connectivity index (χ0n) is 25.1. The lowest BCUT2D eigenvalue weighted by molar-refractivity contribution is -0.163. The van der Waals surface area contributed by atoms with Crippen LogP contribution >= 0.6 is 0 Å². The molecule has 6 nitrogen and oxygen atoms in total. The number of fused-ring (bicyclic) bond motifs is 4. The van der Waals surface area contributed by atoms with Gasteiger partial charge < -0.3 is 14.5 Å². The molecule has 0 radical (unpaired) electrons. The Balaban J connectivity index is 1.19. The number of amides is 1. The molecule has 0 N–H and O–H groups in total. The molecule has 2 saturated carbocycles. The fraction of sp³-hybridized carbons (Fsp3) is 0.765. The van der Waals surface area contributed by atoms with Crippen LogP contribution < -0.4 is 4.90 Å². The third-order valence-corrected chi connectivity index (χ3v) is 10.6. The number of para-hydroxylation sites is 1. The number of rotatable bonds is 6. The first kappa shape index (κ1) is 28.1. The van der Waals surface area contributed by atoms with Crippen molar-refractivity contribution >= 4 is 17.6 Å². The van der Waals surface area contributed by atoms with Crippen molar-refractivity contribution < 1.29 is 14.3 Å². The second-order valence-corrected chi connectivity index (χ2v) is 14.6. The molecular weight excluding hydrogens is 498 g/mol. The quantitative estimate of drug-likeness (QED) is 0.397. The Morgan fingerprint density at radius 2 is 1.48 bits per heavy atom. The zero-order chi connectivity index (χ0) is 27.9. The molecule has 3 heterocycles. The van der Waals surface area contributed by atoms with Crippen molar-refractivity contribution in [1.29, 1.82) is 0 Å². The van der Waals surface area contributed by atoms with E-state index in [1.807, 2.05) is 20.8 Å². The summed E-state index contributed by atoms with van der Waals surface area (Å²) in [6.07, 6.45) is 16.4. The van der Waals surface area contributed by atoms with E-state index in [2.05, 4.69) is 40.1 Å². The summed E-state index contributed by atoms with van der Waals surface area (Å²) in [6.45, 7) is 6.66. The summed E-state index contributed by atoms with van der Waals surface area (Å²) in [5.74, 6) is 1.70. The topological polar surface area (TPSA) is 53.1 Å². The van der Waals surface area contributed by atoms with E-state index < -0.39 is 11.6 Å². The van der Waals surface area contributed by atoms with Gasteiger partial charge in [-0.3, -0.25) is 9.69 Å². The van der Waals surface area contributed by atoms with Crippen molar-refractivity contribution in [3.05, 3.63) is 30.3 Å². The highest BCUT2D eigenvalue weighted by atomic mass is 16.6. The normalized spacial score (nSPS) is 34.4.